The fraction of sp³-hybridized carbons (Fsp3) is 0.333. The van der Waals surface area contributed by atoms with Gasteiger partial charge in [0.1, 0.15) is 11.8 Å². The topological polar surface area (TPSA) is 131 Å². The number of hydrogen-bond donors (Lipinski definition) is 2. The first-order chi connectivity index (χ1) is 11.4. The molecule has 0 bridgehead atoms. The van der Waals surface area contributed by atoms with E-state index in [4.69, 9.17) is 5.73 Å². The Morgan fingerprint density at radius 3 is 2.50 bits per heavy atom. The number of carbonyl (C=O) groups excluding carboxylic acids is 4. The van der Waals surface area contributed by atoms with Crippen molar-refractivity contribution in [3.05, 3.63) is 29.8 Å². The standard InChI is InChI=1S/C15H17N4O5/c1-2-18-7-8-19(14(23)13(18)22)15(24)17-11(12(16)21)9-5-3-4-6-10(9)20/h3-6,11,16,20H,2,7-8H2,1H3,(H,17,24). The molecule has 1 radical (unpaired) electrons. The molecule has 1 aromatic carbocycles. The Kier molecular flexibility index (Phi) is 5.02. The minimum Gasteiger partial charge on any atom is -0.508 e. The normalized spacial score (nSPS) is 16.0. The van der Waals surface area contributed by atoms with E-state index in [2.05, 4.69) is 5.32 Å². The van der Waals surface area contributed by atoms with Crippen molar-refractivity contribution in [2.24, 2.45) is 0 Å². The Hall–Kier alpha value is -3.10. The highest BCUT2D eigenvalue weighted by atomic mass is 16.3. The fourth-order valence-electron chi connectivity index (χ4n) is 2.39. The molecule has 2 rings (SSSR count). The molecular formula is C15H17N4O5. The molecule has 1 aliphatic rings. The number of phenols is 1. The van der Waals surface area contributed by atoms with Crippen molar-refractivity contribution in [3.63, 3.8) is 0 Å². The van der Waals surface area contributed by atoms with Gasteiger partial charge in [-0.2, -0.15) is 0 Å². The summed E-state index contributed by atoms with van der Waals surface area (Å²) in [5.41, 5.74) is 7.32. The molecule has 1 fully saturated rings. The van der Waals surface area contributed by atoms with Crippen molar-refractivity contribution in [1.29, 1.82) is 0 Å². The van der Waals surface area contributed by atoms with Crippen LogP contribution in [0.5, 0.6) is 5.75 Å². The number of likely N-dealkylation sites (N-methyl/N-ethyl adjacent to an activating group) is 1. The number of nitrogens with one attached hydrogen (secondary N) is 2. The van der Waals surface area contributed by atoms with Gasteiger partial charge in [0.25, 0.3) is 5.91 Å². The van der Waals surface area contributed by atoms with Crippen LogP contribution in [-0.2, 0) is 14.4 Å². The number of phenolic OH excluding ortho intramolecular Hbond substituents is 1. The van der Waals surface area contributed by atoms with Crippen molar-refractivity contribution >= 4 is 23.8 Å². The first-order valence-corrected chi connectivity index (χ1v) is 7.31. The highest BCUT2D eigenvalue weighted by Crippen LogP contribution is 2.24. The first kappa shape index (κ1) is 17.3. The first-order valence-electron chi connectivity index (χ1n) is 7.31. The summed E-state index contributed by atoms with van der Waals surface area (Å²) in [7, 11) is 0. The van der Waals surface area contributed by atoms with E-state index in [0.29, 0.717) is 11.4 Å². The average molecular weight is 333 g/mol. The lowest BCUT2D eigenvalue weighted by Gasteiger charge is -2.32. The molecule has 5 amide bonds. The minimum atomic E-state index is -1.44. The quantitative estimate of drug-likeness (QED) is 0.727. The zero-order chi connectivity index (χ0) is 17.9. The van der Waals surface area contributed by atoms with Gasteiger partial charge >= 0.3 is 17.8 Å². The number of piperazine rings is 1. The molecule has 1 aliphatic heterocycles. The van der Waals surface area contributed by atoms with Crippen molar-refractivity contribution in [3.8, 4) is 5.75 Å². The monoisotopic (exact) mass is 333 g/mol. The van der Waals surface area contributed by atoms with Crippen molar-refractivity contribution in [2.75, 3.05) is 19.6 Å². The second kappa shape index (κ2) is 6.99. The third-order valence-corrected chi connectivity index (χ3v) is 3.71. The zero-order valence-corrected chi connectivity index (χ0v) is 13.0. The van der Waals surface area contributed by atoms with Gasteiger partial charge in [-0.05, 0) is 13.0 Å². The molecule has 1 aromatic rings. The Labute approximate surface area is 138 Å². The number of nitrogens with zero attached hydrogens (tertiary/aromatic N) is 2. The number of imide groups is 1. The molecular weight excluding hydrogens is 316 g/mol. The van der Waals surface area contributed by atoms with Crippen LogP contribution in [0.25, 0.3) is 0 Å². The predicted octanol–water partition coefficient (Wildman–Crippen LogP) is -0.357. The fourth-order valence-corrected chi connectivity index (χ4v) is 2.39. The third kappa shape index (κ3) is 3.29. The molecule has 1 heterocycles. The van der Waals surface area contributed by atoms with Crippen LogP contribution >= 0.6 is 0 Å². The predicted molar refractivity (Wildman–Crippen MR) is 81.5 cm³/mol. The number of aromatic hydroxyl groups is 1. The van der Waals surface area contributed by atoms with Crippen LogP contribution in [0.3, 0.4) is 0 Å². The van der Waals surface area contributed by atoms with Gasteiger partial charge in [0.05, 0.1) is 0 Å². The maximum absolute atomic E-state index is 12.3. The average Bonchev–Trinajstić information content (AvgIpc) is 2.55. The van der Waals surface area contributed by atoms with Crippen molar-refractivity contribution in [1.82, 2.24) is 20.9 Å². The molecule has 0 saturated carbocycles. The maximum atomic E-state index is 12.3. The van der Waals surface area contributed by atoms with Gasteiger partial charge in [0.2, 0.25) is 0 Å². The number of rotatable bonds is 4. The lowest BCUT2D eigenvalue weighted by Crippen LogP contribution is -2.58. The lowest BCUT2D eigenvalue weighted by atomic mass is 10.1. The summed E-state index contributed by atoms with van der Waals surface area (Å²) in [6, 6.07) is 3.36. The van der Waals surface area contributed by atoms with E-state index in [9.17, 15) is 24.3 Å². The van der Waals surface area contributed by atoms with Crippen LogP contribution in [0.15, 0.2) is 24.3 Å². The Bertz CT molecular complexity index is 690. The maximum Gasteiger partial charge on any atom is 0.325 e. The number of para-hydroxylation sites is 1. The molecule has 3 N–H and O–H groups in total. The molecule has 1 atom stereocenters. The molecule has 1 saturated heterocycles. The van der Waals surface area contributed by atoms with Crippen LogP contribution < -0.4 is 11.1 Å². The summed E-state index contributed by atoms with van der Waals surface area (Å²) in [6.45, 7) is 2.26. The van der Waals surface area contributed by atoms with Crippen LogP contribution in [0.4, 0.5) is 4.79 Å². The van der Waals surface area contributed by atoms with E-state index in [0.717, 1.165) is 0 Å². The largest absolute Gasteiger partial charge is 0.508 e. The highest BCUT2D eigenvalue weighted by molar-refractivity contribution is 6.38. The number of hydrogen-bond acceptors (Lipinski definition) is 5. The molecule has 0 aromatic heterocycles. The van der Waals surface area contributed by atoms with E-state index >= 15 is 0 Å². The Balaban J connectivity index is 2.18. The van der Waals surface area contributed by atoms with Gasteiger partial charge < -0.3 is 15.3 Å². The zero-order valence-electron chi connectivity index (χ0n) is 13.0. The summed E-state index contributed by atoms with van der Waals surface area (Å²) in [5, 5.41) is 12.0. The summed E-state index contributed by atoms with van der Waals surface area (Å²) in [4.78, 5) is 49.6. The summed E-state index contributed by atoms with van der Waals surface area (Å²) >= 11 is 0. The lowest BCUT2D eigenvalue weighted by molar-refractivity contribution is -0.153. The van der Waals surface area contributed by atoms with Crippen molar-refractivity contribution < 1.29 is 24.3 Å². The third-order valence-electron chi connectivity index (χ3n) is 3.71. The van der Waals surface area contributed by atoms with E-state index in [1.54, 1.807) is 6.92 Å². The van der Waals surface area contributed by atoms with Gasteiger partial charge in [-0.15, -0.1) is 0 Å². The second-order valence-corrected chi connectivity index (χ2v) is 5.15. The minimum absolute atomic E-state index is 0.00999. The molecule has 0 aliphatic carbocycles. The van der Waals surface area contributed by atoms with Crippen LogP contribution in [-0.4, -0.2) is 58.3 Å². The SMILES string of the molecule is CCN1CCN(C(=O)NC(C([NH])=O)c2ccccc2O)C(=O)C1=O. The molecule has 9 nitrogen and oxygen atoms in total. The van der Waals surface area contributed by atoms with Gasteiger partial charge in [0.15, 0.2) is 0 Å². The summed E-state index contributed by atoms with van der Waals surface area (Å²) < 4.78 is 0. The smallest absolute Gasteiger partial charge is 0.325 e. The van der Waals surface area contributed by atoms with Gasteiger partial charge in [-0.3, -0.25) is 25.0 Å². The second-order valence-electron chi connectivity index (χ2n) is 5.15. The highest BCUT2D eigenvalue weighted by Gasteiger charge is 2.37. The molecule has 24 heavy (non-hydrogen) atoms. The van der Waals surface area contributed by atoms with E-state index in [-0.39, 0.29) is 24.4 Å². The molecule has 0 spiro atoms. The Morgan fingerprint density at radius 1 is 1.25 bits per heavy atom. The van der Waals surface area contributed by atoms with E-state index in [1.807, 2.05) is 0 Å². The van der Waals surface area contributed by atoms with Gasteiger partial charge in [-0.25, -0.2) is 4.79 Å². The van der Waals surface area contributed by atoms with Crippen LogP contribution in [0.2, 0.25) is 0 Å². The van der Waals surface area contributed by atoms with Crippen LogP contribution in [0.1, 0.15) is 18.5 Å². The number of carbonyl (C=O) groups is 4. The van der Waals surface area contributed by atoms with Crippen LogP contribution in [0, 0.1) is 0 Å². The summed E-state index contributed by atoms with van der Waals surface area (Å²) in [6.07, 6.45) is 0. The van der Waals surface area contributed by atoms with E-state index < -0.39 is 29.8 Å². The van der Waals surface area contributed by atoms with Gasteiger partial charge in [-0.1, -0.05) is 18.2 Å². The molecule has 9 heteroatoms. The van der Waals surface area contributed by atoms with E-state index in [1.165, 1.54) is 29.2 Å². The number of benzene rings is 1. The number of urea groups is 1. The molecule has 127 valence electrons. The molecule has 1 unspecified atom stereocenters. The number of amides is 5. The van der Waals surface area contributed by atoms with Crippen molar-refractivity contribution in [2.45, 2.75) is 13.0 Å². The van der Waals surface area contributed by atoms with Gasteiger partial charge in [0, 0.05) is 25.2 Å². The summed E-state index contributed by atoms with van der Waals surface area (Å²) in [5.74, 6) is -3.21. The Morgan fingerprint density at radius 2 is 1.92 bits per heavy atom.